The van der Waals surface area contributed by atoms with Gasteiger partial charge < -0.3 is 10.2 Å². The largest absolute Gasteiger partial charge is 0.341 e. The number of aryl methyl sites for hydroxylation is 1. The van der Waals surface area contributed by atoms with Gasteiger partial charge in [-0.1, -0.05) is 29.8 Å². The maximum absolute atomic E-state index is 12.4. The van der Waals surface area contributed by atoms with Crippen molar-refractivity contribution in [3.8, 4) is 0 Å². The zero-order valence-corrected chi connectivity index (χ0v) is 14.5. The standard InChI is InChI=1S/C19H27N3O2/c1-15-2-4-16(5-3-15)18(23)6-7-19(24)22-11-8-17(14-22)21-12-9-20-10-13-21/h2-5,17,20H,6-14H2,1H3. The van der Waals surface area contributed by atoms with Crippen LogP contribution in [-0.4, -0.2) is 66.8 Å². The third-order valence-electron chi connectivity index (χ3n) is 5.12. The Morgan fingerprint density at radius 3 is 2.50 bits per heavy atom. The lowest BCUT2D eigenvalue weighted by molar-refractivity contribution is -0.130. The highest BCUT2D eigenvalue weighted by molar-refractivity contribution is 5.98. The van der Waals surface area contributed by atoms with Gasteiger partial charge in [-0.05, 0) is 13.3 Å². The highest BCUT2D eigenvalue weighted by Gasteiger charge is 2.30. The Morgan fingerprint density at radius 1 is 1.08 bits per heavy atom. The number of nitrogens with zero attached hydrogens (tertiary/aromatic N) is 2. The number of rotatable bonds is 5. The van der Waals surface area contributed by atoms with Crippen LogP contribution < -0.4 is 5.32 Å². The molecule has 1 aromatic rings. The number of likely N-dealkylation sites (tertiary alicyclic amines) is 1. The van der Waals surface area contributed by atoms with Crippen LogP contribution in [0.15, 0.2) is 24.3 Å². The number of ketones is 1. The summed E-state index contributed by atoms with van der Waals surface area (Å²) in [6.07, 6.45) is 1.68. The number of Topliss-reactive ketones (excluding diaryl/α,β-unsaturated/α-hetero) is 1. The van der Waals surface area contributed by atoms with Gasteiger partial charge in [0.15, 0.2) is 5.78 Å². The van der Waals surface area contributed by atoms with Crippen molar-refractivity contribution in [2.24, 2.45) is 0 Å². The molecule has 1 amide bonds. The number of hydrogen-bond donors (Lipinski definition) is 1. The van der Waals surface area contributed by atoms with E-state index in [1.807, 2.05) is 36.1 Å². The van der Waals surface area contributed by atoms with E-state index in [9.17, 15) is 9.59 Å². The van der Waals surface area contributed by atoms with Crippen LogP contribution in [0.1, 0.15) is 35.2 Å². The van der Waals surface area contributed by atoms with E-state index in [0.29, 0.717) is 24.4 Å². The first-order valence-corrected chi connectivity index (χ1v) is 8.96. The average Bonchev–Trinajstić information content (AvgIpc) is 3.11. The van der Waals surface area contributed by atoms with Gasteiger partial charge in [-0.3, -0.25) is 14.5 Å². The minimum absolute atomic E-state index is 0.0567. The molecule has 1 aromatic carbocycles. The predicted octanol–water partition coefficient (Wildman–Crippen LogP) is 1.46. The second-order valence-electron chi connectivity index (χ2n) is 6.86. The van der Waals surface area contributed by atoms with Gasteiger partial charge in [-0.2, -0.15) is 0 Å². The Balaban J connectivity index is 1.45. The molecule has 0 spiro atoms. The summed E-state index contributed by atoms with van der Waals surface area (Å²) in [5, 5.41) is 3.36. The van der Waals surface area contributed by atoms with E-state index in [0.717, 1.165) is 51.3 Å². The number of amides is 1. The number of benzene rings is 1. The minimum atomic E-state index is 0.0567. The van der Waals surface area contributed by atoms with Crippen molar-refractivity contribution < 1.29 is 9.59 Å². The maximum Gasteiger partial charge on any atom is 0.223 e. The summed E-state index contributed by atoms with van der Waals surface area (Å²) in [5.74, 6) is 0.175. The second kappa shape index (κ2) is 7.90. The summed E-state index contributed by atoms with van der Waals surface area (Å²) in [4.78, 5) is 29.0. The van der Waals surface area contributed by atoms with Gasteiger partial charge in [0.05, 0.1) is 0 Å². The molecular weight excluding hydrogens is 302 g/mol. The fourth-order valence-electron chi connectivity index (χ4n) is 3.58. The van der Waals surface area contributed by atoms with Gasteiger partial charge in [-0.15, -0.1) is 0 Å². The molecule has 5 nitrogen and oxygen atoms in total. The van der Waals surface area contributed by atoms with E-state index in [4.69, 9.17) is 0 Å². The van der Waals surface area contributed by atoms with Gasteiger partial charge in [0.1, 0.15) is 0 Å². The van der Waals surface area contributed by atoms with Crippen molar-refractivity contribution >= 4 is 11.7 Å². The van der Waals surface area contributed by atoms with Crippen molar-refractivity contribution in [3.63, 3.8) is 0 Å². The number of hydrogen-bond acceptors (Lipinski definition) is 4. The van der Waals surface area contributed by atoms with E-state index in [1.165, 1.54) is 0 Å². The first kappa shape index (κ1) is 17.1. The molecule has 2 aliphatic rings. The smallest absolute Gasteiger partial charge is 0.223 e. The second-order valence-corrected chi connectivity index (χ2v) is 6.86. The highest BCUT2D eigenvalue weighted by Crippen LogP contribution is 2.18. The molecule has 1 N–H and O–H groups in total. The Labute approximate surface area is 144 Å². The van der Waals surface area contributed by atoms with Crippen molar-refractivity contribution in [1.29, 1.82) is 0 Å². The zero-order valence-electron chi connectivity index (χ0n) is 14.5. The first-order valence-electron chi connectivity index (χ1n) is 8.96. The summed E-state index contributed by atoms with van der Waals surface area (Å²) < 4.78 is 0. The van der Waals surface area contributed by atoms with Gasteiger partial charge in [0.25, 0.3) is 0 Å². The van der Waals surface area contributed by atoms with Crippen LogP contribution in [0, 0.1) is 6.92 Å². The highest BCUT2D eigenvalue weighted by atomic mass is 16.2. The zero-order chi connectivity index (χ0) is 16.9. The van der Waals surface area contributed by atoms with Crippen LogP contribution in [0.3, 0.4) is 0 Å². The lowest BCUT2D eigenvalue weighted by atomic mass is 10.0. The van der Waals surface area contributed by atoms with Gasteiger partial charge in [-0.25, -0.2) is 0 Å². The molecular formula is C19H27N3O2. The number of carbonyl (C=O) groups is 2. The third kappa shape index (κ3) is 4.22. The van der Waals surface area contributed by atoms with Crippen molar-refractivity contribution in [2.45, 2.75) is 32.2 Å². The number of piperazine rings is 1. The summed E-state index contributed by atoms with van der Waals surface area (Å²) >= 11 is 0. The van der Waals surface area contributed by atoms with Crippen LogP contribution >= 0.6 is 0 Å². The Hall–Kier alpha value is -1.72. The molecule has 24 heavy (non-hydrogen) atoms. The van der Waals surface area contributed by atoms with Crippen LogP contribution in [0.4, 0.5) is 0 Å². The Bertz CT molecular complexity index is 579. The maximum atomic E-state index is 12.4. The summed E-state index contributed by atoms with van der Waals surface area (Å²) in [6.45, 7) is 7.85. The third-order valence-corrected chi connectivity index (χ3v) is 5.12. The van der Waals surface area contributed by atoms with E-state index in [1.54, 1.807) is 0 Å². The van der Waals surface area contributed by atoms with Gasteiger partial charge in [0.2, 0.25) is 5.91 Å². The van der Waals surface area contributed by atoms with E-state index < -0.39 is 0 Å². The van der Waals surface area contributed by atoms with E-state index >= 15 is 0 Å². The van der Waals surface area contributed by atoms with Crippen molar-refractivity contribution in [1.82, 2.24) is 15.1 Å². The van der Waals surface area contributed by atoms with Crippen LogP contribution in [0.5, 0.6) is 0 Å². The lowest BCUT2D eigenvalue weighted by Crippen LogP contribution is -2.49. The lowest BCUT2D eigenvalue weighted by Gasteiger charge is -2.32. The molecule has 1 unspecified atom stereocenters. The molecule has 0 aliphatic carbocycles. The summed E-state index contributed by atoms with van der Waals surface area (Å²) in [7, 11) is 0. The van der Waals surface area contributed by atoms with Gasteiger partial charge in [0, 0.05) is 63.7 Å². The summed E-state index contributed by atoms with van der Waals surface area (Å²) in [5.41, 5.74) is 1.84. The quantitative estimate of drug-likeness (QED) is 0.831. The molecule has 0 bridgehead atoms. The molecule has 2 saturated heterocycles. The normalized spacial score (nSPS) is 21.9. The molecule has 3 rings (SSSR count). The Morgan fingerprint density at radius 2 is 1.79 bits per heavy atom. The molecule has 0 aromatic heterocycles. The van der Waals surface area contributed by atoms with Crippen molar-refractivity contribution in [3.05, 3.63) is 35.4 Å². The topological polar surface area (TPSA) is 52.7 Å². The van der Waals surface area contributed by atoms with E-state index in [-0.39, 0.29) is 11.7 Å². The monoisotopic (exact) mass is 329 g/mol. The van der Waals surface area contributed by atoms with Crippen molar-refractivity contribution in [2.75, 3.05) is 39.3 Å². The van der Waals surface area contributed by atoms with E-state index in [2.05, 4.69) is 10.2 Å². The SMILES string of the molecule is Cc1ccc(C(=O)CCC(=O)N2CCC(N3CCNCC3)C2)cc1. The molecule has 2 fully saturated rings. The first-order chi connectivity index (χ1) is 11.6. The molecule has 2 heterocycles. The molecule has 5 heteroatoms. The van der Waals surface area contributed by atoms with Crippen LogP contribution in [0.2, 0.25) is 0 Å². The van der Waals surface area contributed by atoms with Gasteiger partial charge >= 0.3 is 0 Å². The van der Waals surface area contributed by atoms with Crippen LogP contribution in [0.25, 0.3) is 0 Å². The molecule has 130 valence electrons. The predicted molar refractivity (Wildman–Crippen MR) is 94.2 cm³/mol. The average molecular weight is 329 g/mol. The fourth-order valence-corrected chi connectivity index (χ4v) is 3.58. The fraction of sp³-hybridized carbons (Fsp3) is 0.579. The Kier molecular flexibility index (Phi) is 5.63. The molecule has 2 aliphatic heterocycles. The van der Waals surface area contributed by atoms with Crippen LogP contribution in [-0.2, 0) is 4.79 Å². The minimum Gasteiger partial charge on any atom is -0.341 e. The number of carbonyl (C=O) groups excluding carboxylic acids is 2. The number of nitrogens with one attached hydrogen (secondary N) is 1. The molecule has 1 atom stereocenters. The molecule has 0 saturated carbocycles. The summed E-state index contributed by atoms with van der Waals surface area (Å²) in [6, 6.07) is 8.06. The molecule has 0 radical (unpaired) electrons.